The molecule has 0 aliphatic carbocycles. The maximum absolute atomic E-state index is 12.6. The smallest absolute Gasteiger partial charge is 0.325 e. The van der Waals surface area contributed by atoms with Crippen LogP contribution in [0.25, 0.3) is 5.57 Å². The fourth-order valence-electron chi connectivity index (χ4n) is 1.23. The maximum Gasteiger partial charge on any atom is 0.325 e. The van der Waals surface area contributed by atoms with Crippen molar-refractivity contribution in [2.45, 2.75) is 13.0 Å². The third-order valence-electron chi connectivity index (χ3n) is 2.26. The van der Waals surface area contributed by atoms with E-state index in [1.54, 1.807) is 13.0 Å². The molecule has 0 aliphatic heterocycles. The predicted molar refractivity (Wildman–Crippen MR) is 57.5 cm³/mol. The first-order valence-electron chi connectivity index (χ1n) is 4.56. The van der Waals surface area contributed by atoms with Gasteiger partial charge in [-0.3, -0.25) is 4.79 Å². The number of hydrogen-bond donors (Lipinski definition) is 3. The third kappa shape index (κ3) is 2.38. The van der Waals surface area contributed by atoms with Crippen LogP contribution >= 0.6 is 0 Å². The van der Waals surface area contributed by atoms with Crippen molar-refractivity contribution in [3.05, 3.63) is 35.7 Å². The Labute approximate surface area is 91.8 Å². The Morgan fingerprint density at radius 1 is 1.56 bits per heavy atom. The number of aromatic hydroxyl groups is 1. The molecule has 4 nitrogen and oxygen atoms in total. The van der Waals surface area contributed by atoms with Crippen molar-refractivity contribution in [2.24, 2.45) is 5.73 Å². The van der Waals surface area contributed by atoms with Crippen LogP contribution in [0.4, 0.5) is 4.39 Å². The summed E-state index contributed by atoms with van der Waals surface area (Å²) in [5.74, 6) is -1.36. The molecular weight excluding hydrogens is 213 g/mol. The number of aliphatic carboxylic acids is 1. The lowest BCUT2D eigenvalue weighted by Crippen LogP contribution is -2.31. The van der Waals surface area contributed by atoms with Crippen molar-refractivity contribution < 1.29 is 19.4 Å². The van der Waals surface area contributed by atoms with Crippen LogP contribution in [-0.4, -0.2) is 22.2 Å². The Balaban J connectivity index is 3.15. The van der Waals surface area contributed by atoms with Crippen LogP contribution in [0.1, 0.15) is 11.1 Å². The van der Waals surface area contributed by atoms with E-state index >= 15 is 0 Å². The van der Waals surface area contributed by atoms with Gasteiger partial charge in [0.05, 0.1) is 6.33 Å². The fraction of sp³-hybridized carbons (Fsp3) is 0.182. The number of halogens is 1. The minimum Gasteiger partial charge on any atom is -0.508 e. The molecule has 86 valence electrons. The number of carbonyl (C=O) groups is 1. The SMILES string of the molecule is Cc1ccc(C(=CF)C(N)C(=O)O)cc1O. The molecule has 1 aromatic carbocycles. The van der Waals surface area contributed by atoms with Crippen molar-refractivity contribution in [3.8, 4) is 5.75 Å². The predicted octanol–water partition coefficient (Wildman–Crippen LogP) is 1.42. The van der Waals surface area contributed by atoms with Crippen LogP contribution in [0.3, 0.4) is 0 Å². The van der Waals surface area contributed by atoms with Gasteiger partial charge in [0, 0.05) is 5.57 Å². The van der Waals surface area contributed by atoms with Crippen LogP contribution in [-0.2, 0) is 4.79 Å². The van der Waals surface area contributed by atoms with Gasteiger partial charge in [0.1, 0.15) is 11.8 Å². The second kappa shape index (κ2) is 4.76. The molecule has 1 atom stereocenters. The number of rotatable bonds is 3. The molecule has 0 aliphatic rings. The van der Waals surface area contributed by atoms with E-state index in [0.717, 1.165) is 0 Å². The van der Waals surface area contributed by atoms with Gasteiger partial charge in [-0.2, -0.15) is 0 Å². The van der Waals surface area contributed by atoms with Gasteiger partial charge in [0.2, 0.25) is 0 Å². The first-order valence-corrected chi connectivity index (χ1v) is 4.56. The molecule has 0 amide bonds. The average molecular weight is 225 g/mol. The molecule has 0 radical (unpaired) electrons. The van der Waals surface area contributed by atoms with Crippen molar-refractivity contribution in [3.63, 3.8) is 0 Å². The van der Waals surface area contributed by atoms with E-state index in [0.29, 0.717) is 5.56 Å². The van der Waals surface area contributed by atoms with Crippen molar-refractivity contribution in [1.82, 2.24) is 0 Å². The zero-order valence-electron chi connectivity index (χ0n) is 8.64. The van der Waals surface area contributed by atoms with Gasteiger partial charge in [-0.15, -0.1) is 0 Å². The van der Waals surface area contributed by atoms with E-state index in [4.69, 9.17) is 10.8 Å². The average Bonchev–Trinajstić information content (AvgIpc) is 2.24. The van der Waals surface area contributed by atoms with Gasteiger partial charge in [-0.25, -0.2) is 4.39 Å². The van der Waals surface area contributed by atoms with E-state index in [2.05, 4.69) is 0 Å². The molecule has 0 heterocycles. The largest absolute Gasteiger partial charge is 0.508 e. The minimum atomic E-state index is -1.45. The summed E-state index contributed by atoms with van der Waals surface area (Å²) in [7, 11) is 0. The second-order valence-corrected chi connectivity index (χ2v) is 3.38. The van der Waals surface area contributed by atoms with E-state index < -0.39 is 12.0 Å². The lowest BCUT2D eigenvalue weighted by Gasteiger charge is -2.11. The zero-order valence-corrected chi connectivity index (χ0v) is 8.64. The summed E-state index contributed by atoms with van der Waals surface area (Å²) in [5.41, 5.74) is 5.99. The fourth-order valence-corrected chi connectivity index (χ4v) is 1.23. The first kappa shape index (κ1) is 12.2. The van der Waals surface area contributed by atoms with Crippen molar-refractivity contribution in [1.29, 1.82) is 0 Å². The summed E-state index contributed by atoms with van der Waals surface area (Å²) in [6.07, 6.45) is 0.142. The summed E-state index contributed by atoms with van der Waals surface area (Å²) >= 11 is 0. The molecule has 1 aromatic rings. The number of nitrogens with two attached hydrogens (primary N) is 1. The third-order valence-corrected chi connectivity index (χ3v) is 2.26. The Morgan fingerprint density at radius 3 is 2.62 bits per heavy atom. The second-order valence-electron chi connectivity index (χ2n) is 3.38. The van der Waals surface area contributed by atoms with Gasteiger partial charge >= 0.3 is 5.97 Å². The van der Waals surface area contributed by atoms with Crippen LogP contribution < -0.4 is 5.73 Å². The topological polar surface area (TPSA) is 83.6 Å². The Kier molecular flexibility index (Phi) is 3.63. The van der Waals surface area contributed by atoms with E-state index in [1.807, 2.05) is 0 Å². The normalized spacial score (nSPS) is 13.6. The molecule has 16 heavy (non-hydrogen) atoms. The number of carboxylic acids is 1. The van der Waals surface area contributed by atoms with Crippen LogP contribution in [0.2, 0.25) is 0 Å². The Hall–Kier alpha value is -1.88. The quantitative estimate of drug-likeness (QED) is 0.726. The summed E-state index contributed by atoms with van der Waals surface area (Å²) in [4.78, 5) is 10.6. The first-order chi connectivity index (χ1) is 7.47. The highest BCUT2D eigenvalue weighted by Gasteiger charge is 2.19. The molecule has 1 unspecified atom stereocenters. The highest BCUT2D eigenvalue weighted by molar-refractivity contribution is 5.90. The molecule has 0 fully saturated rings. The highest BCUT2D eigenvalue weighted by atomic mass is 19.1. The van der Waals surface area contributed by atoms with Gasteiger partial charge in [-0.1, -0.05) is 12.1 Å². The number of phenols is 1. The van der Waals surface area contributed by atoms with Crippen LogP contribution in [0.15, 0.2) is 24.5 Å². The van der Waals surface area contributed by atoms with Gasteiger partial charge in [-0.05, 0) is 24.1 Å². The van der Waals surface area contributed by atoms with Crippen LogP contribution in [0, 0.1) is 6.92 Å². The number of benzene rings is 1. The maximum atomic E-state index is 12.6. The molecule has 0 saturated carbocycles. The van der Waals surface area contributed by atoms with Gasteiger partial charge < -0.3 is 15.9 Å². The number of phenolic OH excluding ortho intramolecular Hbond substituents is 1. The van der Waals surface area contributed by atoms with E-state index in [1.165, 1.54) is 12.1 Å². The number of carboxylic acid groups (broad SMARTS) is 1. The molecule has 4 N–H and O–H groups in total. The molecule has 1 rings (SSSR count). The van der Waals surface area contributed by atoms with Crippen molar-refractivity contribution in [2.75, 3.05) is 0 Å². The summed E-state index contributed by atoms with van der Waals surface area (Å²) in [6, 6.07) is 2.89. The van der Waals surface area contributed by atoms with Crippen molar-refractivity contribution >= 4 is 11.5 Å². The van der Waals surface area contributed by atoms with Gasteiger partial charge in [0.15, 0.2) is 0 Å². The molecule has 0 saturated heterocycles. The minimum absolute atomic E-state index is 0.0329. The molecule has 5 heteroatoms. The van der Waals surface area contributed by atoms with E-state index in [9.17, 15) is 14.3 Å². The molecule has 0 bridgehead atoms. The lowest BCUT2D eigenvalue weighted by molar-refractivity contribution is -0.137. The molecule has 0 aromatic heterocycles. The standard InChI is InChI=1S/C11H12FNO3/c1-6-2-3-7(4-9(6)14)8(5-12)10(13)11(15)16/h2-5,10,14H,13H2,1H3,(H,15,16). The zero-order chi connectivity index (χ0) is 12.3. The Bertz CT molecular complexity index is 443. The summed E-state index contributed by atoms with van der Waals surface area (Å²) in [6.45, 7) is 1.68. The van der Waals surface area contributed by atoms with Crippen LogP contribution in [0.5, 0.6) is 5.75 Å². The molecular formula is C11H12FNO3. The molecule has 0 spiro atoms. The number of hydrogen-bond acceptors (Lipinski definition) is 3. The van der Waals surface area contributed by atoms with E-state index in [-0.39, 0.29) is 23.2 Å². The monoisotopic (exact) mass is 225 g/mol. The lowest BCUT2D eigenvalue weighted by atomic mass is 9.99. The number of aryl methyl sites for hydroxylation is 1. The highest BCUT2D eigenvalue weighted by Crippen LogP contribution is 2.24. The Morgan fingerprint density at radius 2 is 2.19 bits per heavy atom. The van der Waals surface area contributed by atoms with Gasteiger partial charge in [0.25, 0.3) is 0 Å². The summed E-state index contributed by atoms with van der Waals surface area (Å²) in [5, 5.41) is 18.1. The summed E-state index contributed by atoms with van der Waals surface area (Å²) < 4.78 is 12.6.